The van der Waals surface area contributed by atoms with Crippen molar-refractivity contribution in [1.29, 1.82) is 0 Å². The summed E-state index contributed by atoms with van der Waals surface area (Å²) < 4.78 is 0. The molecule has 0 heterocycles. The zero-order valence-corrected chi connectivity index (χ0v) is 13.6. The van der Waals surface area contributed by atoms with E-state index in [0.717, 1.165) is 6.54 Å². The molecule has 1 aromatic carbocycles. The van der Waals surface area contributed by atoms with Gasteiger partial charge in [0.1, 0.15) is 0 Å². The van der Waals surface area contributed by atoms with Crippen LogP contribution in [0.2, 0.25) is 0 Å². The Morgan fingerprint density at radius 2 is 1.53 bits per heavy atom. The van der Waals surface area contributed by atoms with E-state index in [-0.39, 0.29) is 0 Å². The highest BCUT2D eigenvalue weighted by molar-refractivity contribution is 5.38. The largest absolute Gasteiger partial charge is 0.330 e. The van der Waals surface area contributed by atoms with Crippen LogP contribution in [0.5, 0.6) is 0 Å². The van der Waals surface area contributed by atoms with Crippen LogP contribution >= 0.6 is 0 Å². The highest BCUT2D eigenvalue weighted by atomic mass is 15.1. The van der Waals surface area contributed by atoms with E-state index in [9.17, 15) is 0 Å². The summed E-state index contributed by atoms with van der Waals surface area (Å²) in [5.74, 6) is 1.06. The van der Waals surface area contributed by atoms with Crippen LogP contribution in [0.3, 0.4) is 0 Å². The Kier molecular flexibility index (Phi) is 5.57. The third-order valence-electron chi connectivity index (χ3n) is 4.29. The van der Waals surface area contributed by atoms with Gasteiger partial charge in [-0.2, -0.15) is 0 Å². The summed E-state index contributed by atoms with van der Waals surface area (Å²) in [6.07, 6.45) is 0. The van der Waals surface area contributed by atoms with Crippen LogP contribution in [0, 0.1) is 32.6 Å². The van der Waals surface area contributed by atoms with Crippen LogP contribution < -0.4 is 5.73 Å². The summed E-state index contributed by atoms with van der Waals surface area (Å²) >= 11 is 0. The van der Waals surface area contributed by atoms with E-state index in [0.29, 0.717) is 17.9 Å². The number of rotatable bonds is 5. The first-order valence-electron chi connectivity index (χ1n) is 7.23. The van der Waals surface area contributed by atoms with E-state index in [1.54, 1.807) is 0 Å². The molecule has 2 atom stereocenters. The molecule has 2 N–H and O–H groups in total. The minimum atomic E-state index is 0.393. The molecule has 0 amide bonds. The van der Waals surface area contributed by atoms with E-state index in [1.807, 2.05) is 0 Å². The van der Waals surface area contributed by atoms with Crippen molar-refractivity contribution >= 4 is 0 Å². The maximum absolute atomic E-state index is 6.04. The topological polar surface area (TPSA) is 29.3 Å². The van der Waals surface area contributed by atoms with Crippen molar-refractivity contribution in [1.82, 2.24) is 4.90 Å². The molecule has 108 valence electrons. The van der Waals surface area contributed by atoms with E-state index < -0.39 is 0 Å². The van der Waals surface area contributed by atoms with Crippen LogP contribution in [0.25, 0.3) is 0 Å². The van der Waals surface area contributed by atoms with E-state index in [1.165, 1.54) is 22.3 Å². The molecule has 0 radical (unpaired) electrons. The first-order valence-corrected chi connectivity index (χ1v) is 7.23. The molecule has 0 aliphatic carbocycles. The van der Waals surface area contributed by atoms with Crippen molar-refractivity contribution in [3.8, 4) is 0 Å². The lowest BCUT2D eigenvalue weighted by atomic mass is 9.81. The molecule has 0 bridgehead atoms. The van der Waals surface area contributed by atoms with Crippen molar-refractivity contribution in [3.63, 3.8) is 0 Å². The normalized spacial score (nSPS) is 15.1. The highest BCUT2D eigenvalue weighted by Gasteiger charge is 2.28. The van der Waals surface area contributed by atoms with Gasteiger partial charge in [0.2, 0.25) is 0 Å². The second kappa shape index (κ2) is 6.53. The van der Waals surface area contributed by atoms with E-state index in [2.05, 4.69) is 65.7 Å². The molecule has 1 rings (SSSR count). The molecule has 0 fully saturated rings. The molecule has 0 aliphatic rings. The molecule has 1 aromatic rings. The predicted octanol–water partition coefficient (Wildman–Crippen LogP) is 3.45. The van der Waals surface area contributed by atoms with Gasteiger partial charge in [0.15, 0.2) is 0 Å². The molecular weight excluding hydrogens is 232 g/mol. The van der Waals surface area contributed by atoms with Crippen LogP contribution in [-0.2, 0) is 0 Å². The summed E-state index contributed by atoms with van der Waals surface area (Å²) in [5.41, 5.74) is 11.6. The number of nitrogens with two attached hydrogens (primary N) is 1. The summed E-state index contributed by atoms with van der Waals surface area (Å²) in [7, 11) is 4.31. The number of benzene rings is 1. The van der Waals surface area contributed by atoms with Gasteiger partial charge in [-0.15, -0.1) is 0 Å². The summed E-state index contributed by atoms with van der Waals surface area (Å²) in [6.45, 7) is 11.9. The fraction of sp³-hybridized carbons (Fsp3) is 0.647. The zero-order valence-electron chi connectivity index (χ0n) is 13.6. The molecule has 19 heavy (non-hydrogen) atoms. The molecular formula is C17H30N2. The zero-order chi connectivity index (χ0) is 14.7. The first-order chi connectivity index (χ1) is 8.79. The SMILES string of the molecule is Cc1cc(C)c(C(C(CN)C(C)C)N(C)C)cc1C. The Morgan fingerprint density at radius 3 is 1.95 bits per heavy atom. The van der Waals surface area contributed by atoms with Gasteiger partial charge >= 0.3 is 0 Å². The van der Waals surface area contributed by atoms with Crippen molar-refractivity contribution in [2.75, 3.05) is 20.6 Å². The van der Waals surface area contributed by atoms with E-state index >= 15 is 0 Å². The number of aryl methyl sites for hydroxylation is 3. The Labute approximate surface area is 119 Å². The molecule has 0 saturated heterocycles. The van der Waals surface area contributed by atoms with Crippen molar-refractivity contribution in [3.05, 3.63) is 34.4 Å². The molecule has 0 saturated carbocycles. The lowest BCUT2D eigenvalue weighted by Crippen LogP contribution is -2.35. The standard InChI is InChI=1S/C17H30N2/c1-11(2)16(10-18)17(19(6)7)15-9-13(4)12(3)8-14(15)5/h8-9,11,16-17H,10,18H2,1-7H3. The molecule has 0 aromatic heterocycles. The minimum absolute atomic E-state index is 0.393. The third kappa shape index (κ3) is 3.58. The Morgan fingerprint density at radius 1 is 1.00 bits per heavy atom. The fourth-order valence-electron chi connectivity index (χ4n) is 2.96. The monoisotopic (exact) mass is 262 g/mol. The molecule has 0 spiro atoms. The first kappa shape index (κ1) is 16.2. The van der Waals surface area contributed by atoms with Crippen molar-refractivity contribution in [2.45, 2.75) is 40.7 Å². The van der Waals surface area contributed by atoms with Crippen molar-refractivity contribution < 1.29 is 0 Å². The maximum atomic E-state index is 6.04. The summed E-state index contributed by atoms with van der Waals surface area (Å²) in [6, 6.07) is 5.04. The average molecular weight is 262 g/mol. The van der Waals surface area contributed by atoms with Gasteiger partial charge in [0.05, 0.1) is 0 Å². The highest BCUT2D eigenvalue weighted by Crippen LogP contribution is 2.34. The summed E-state index contributed by atoms with van der Waals surface area (Å²) in [4.78, 5) is 2.31. The number of nitrogens with zero attached hydrogens (tertiary/aromatic N) is 1. The lowest BCUT2D eigenvalue weighted by molar-refractivity contribution is 0.175. The van der Waals surface area contributed by atoms with Gasteiger partial charge in [-0.05, 0) is 75.5 Å². The third-order valence-corrected chi connectivity index (χ3v) is 4.29. The van der Waals surface area contributed by atoms with Gasteiger partial charge in [-0.25, -0.2) is 0 Å². The van der Waals surface area contributed by atoms with Crippen LogP contribution in [0.4, 0.5) is 0 Å². The van der Waals surface area contributed by atoms with E-state index in [4.69, 9.17) is 5.73 Å². The number of hydrogen-bond acceptors (Lipinski definition) is 2. The minimum Gasteiger partial charge on any atom is -0.330 e. The Hall–Kier alpha value is -0.860. The summed E-state index contributed by atoms with van der Waals surface area (Å²) in [5, 5.41) is 0. The fourth-order valence-corrected chi connectivity index (χ4v) is 2.96. The van der Waals surface area contributed by atoms with Crippen LogP contribution in [0.1, 0.15) is 42.1 Å². The second-order valence-electron chi connectivity index (χ2n) is 6.35. The average Bonchev–Trinajstić information content (AvgIpc) is 2.30. The van der Waals surface area contributed by atoms with Gasteiger partial charge in [-0.3, -0.25) is 0 Å². The molecule has 2 heteroatoms. The lowest BCUT2D eigenvalue weighted by Gasteiger charge is -2.36. The van der Waals surface area contributed by atoms with Gasteiger partial charge in [-0.1, -0.05) is 26.0 Å². The Bertz CT molecular complexity index is 422. The smallest absolute Gasteiger partial charge is 0.0387 e. The molecule has 2 nitrogen and oxygen atoms in total. The maximum Gasteiger partial charge on any atom is 0.0387 e. The molecule has 0 aliphatic heterocycles. The van der Waals surface area contributed by atoms with Gasteiger partial charge in [0.25, 0.3) is 0 Å². The second-order valence-corrected chi connectivity index (χ2v) is 6.35. The van der Waals surface area contributed by atoms with Crippen LogP contribution in [0.15, 0.2) is 12.1 Å². The van der Waals surface area contributed by atoms with Gasteiger partial charge in [0, 0.05) is 6.04 Å². The Balaban J connectivity index is 3.30. The van der Waals surface area contributed by atoms with Gasteiger partial charge < -0.3 is 10.6 Å². The van der Waals surface area contributed by atoms with Crippen LogP contribution in [-0.4, -0.2) is 25.5 Å². The van der Waals surface area contributed by atoms with Crippen molar-refractivity contribution in [2.24, 2.45) is 17.6 Å². The quantitative estimate of drug-likeness (QED) is 0.880. The molecule has 2 unspecified atom stereocenters. The number of hydrogen-bond donors (Lipinski definition) is 1. The predicted molar refractivity (Wildman–Crippen MR) is 84.5 cm³/mol.